The monoisotopic (exact) mass is 413 g/mol. The lowest BCUT2D eigenvalue weighted by Gasteiger charge is -2.26. The number of hydrogen-bond acceptors (Lipinski definition) is 6. The van der Waals surface area contributed by atoms with E-state index in [4.69, 9.17) is 26.1 Å². The number of benzene rings is 1. The van der Waals surface area contributed by atoms with E-state index in [9.17, 15) is 4.79 Å². The third-order valence-electron chi connectivity index (χ3n) is 4.83. The summed E-state index contributed by atoms with van der Waals surface area (Å²) in [4.78, 5) is 16.5. The molecule has 1 amide bonds. The van der Waals surface area contributed by atoms with Crippen molar-refractivity contribution >= 4 is 29.3 Å². The number of thiocarbonyl (C=S) groups is 1. The first-order valence-electron chi connectivity index (χ1n) is 9.59. The predicted molar refractivity (Wildman–Crippen MR) is 112 cm³/mol. The topological polar surface area (TPSA) is 67.2 Å². The average Bonchev–Trinajstić information content (AvgIpc) is 3.34. The number of nitrogens with one attached hydrogen (secondary N) is 1. The van der Waals surface area contributed by atoms with Gasteiger partial charge in [0.2, 0.25) is 0 Å². The van der Waals surface area contributed by atoms with Gasteiger partial charge in [0.05, 0.1) is 26.0 Å². The van der Waals surface area contributed by atoms with E-state index in [0.29, 0.717) is 29.7 Å². The number of furan rings is 1. The highest BCUT2D eigenvalue weighted by atomic mass is 32.1. The van der Waals surface area contributed by atoms with Crippen LogP contribution in [0.4, 0.5) is 0 Å². The van der Waals surface area contributed by atoms with Crippen LogP contribution in [0.15, 0.2) is 52.8 Å². The molecule has 3 heterocycles. The molecule has 4 rings (SSSR count). The molecule has 7 nitrogen and oxygen atoms in total. The van der Waals surface area contributed by atoms with Gasteiger partial charge in [-0.25, -0.2) is 0 Å². The van der Waals surface area contributed by atoms with E-state index in [2.05, 4.69) is 10.2 Å². The number of rotatable bonds is 7. The summed E-state index contributed by atoms with van der Waals surface area (Å²) in [5.41, 5.74) is 1.34. The molecule has 0 aliphatic carbocycles. The van der Waals surface area contributed by atoms with Crippen molar-refractivity contribution in [2.45, 2.75) is 6.54 Å². The second-order valence-corrected chi connectivity index (χ2v) is 7.22. The maximum Gasteiger partial charge on any atom is 0.276 e. The van der Waals surface area contributed by atoms with Crippen molar-refractivity contribution < 1.29 is 18.7 Å². The first-order valence-corrected chi connectivity index (χ1v) is 10.00. The second kappa shape index (κ2) is 9.21. The van der Waals surface area contributed by atoms with E-state index in [1.807, 2.05) is 30.3 Å². The van der Waals surface area contributed by atoms with Crippen LogP contribution in [0.1, 0.15) is 11.3 Å². The van der Waals surface area contributed by atoms with Crippen LogP contribution in [0.3, 0.4) is 0 Å². The van der Waals surface area contributed by atoms with Crippen LogP contribution in [0.5, 0.6) is 5.75 Å². The summed E-state index contributed by atoms with van der Waals surface area (Å²) in [6.45, 7) is 5.32. The molecule has 1 N–H and O–H groups in total. The summed E-state index contributed by atoms with van der Waals surface area (Å²) >= 11 is 5.29. The molecular weight excluding hydrogens is 390 g/mol. The molecule has 0 unspecified atom stereocenters. The molecule has 0 spiro atoms. The van der Waals surface area contributed by atoms with Gasteiger partial charge in [-0.2, -0.15) is 0 Å². The zero-order valence-electron chi connectivity index (χ0n) is 16.0. The Balaban J connectivity index is 1.32. The van der Waals surface area contributed by atoms with Crippen molar-refractivity contribution in [3.8, 4) is 5.75 Å². The molecular formula is C21H23N3O4S. The molecule has 2 aliphatic rings. The van der Waals surface area contributed by atoms with Gasteiger partial charge in [0.1, 0.15) is 23.8 Å². The van der Waals surface area contributed by atoms with Gasteiger partial charge in [-0.15, -0.1) is 0 Å². The molecule has 0 radical (unpaired) electrons. The highest BCUT2D eigenvalue weighted by molar-refractivity contribution is 7.80. The lowest BCUT2D eigenvalue weighted by Crippen LogP contribution is -2.38. The van der Waals surface area contributed by atoms with Crippen LogP contribution >= 0.6 is 12.2 Å². The van der Waals surface area contributed by atoms with Gasteiger partial charge in [0.25, 0.3) is 5.91 Å². The first kappa shape index (κ1) is 19.6. The van der Waals surface area contributed by atoms with Gasteiger partial charge in [0, 0.05) is 19.6 Å². The normalized spacial score (nSPS) is 19.0. The van der Waals surface area contributed by atoms with Crippen LogP contribution in [0, 0.1) is 0 Å². The highest BCUT2D eigenvalue weighted by Gasteiger charge is 2.31. The maximum atomic E-state index is 12.6. The third-order valence-corrected chi connectivity index (χ3v) is 5.15. The third kappa shape index (κ3) is 5.03. The Morgan fingerprint density at radius 3 is 2.69 bits per heavy atom. The van der Waals surface area contributed by atoms with Crippen LogP contribution < -0.4 is 10.1 Å². The zero-order valence-corrected chi connectivity index (χ0v) is 16.8. The fourth-order valence-electron chi connectivity index (χ4n) is 3.22. The first-order chi connectivity index (χ1) is 14.2. The molecule has 1 aromatic heterocycles. The van der Waals surface area contributed by atoms with Gasteiger partial charge in [0.15, 0.2) is 5.11 Å². The Bertz CT molecular complexity index is 874. The Labute approximate surface area is 174 Å². The molecule has 152 valence electrons. The van der Waals surface area contributed by atoms with Crippen molar-refractivity contribution in [2.75, 3.05) is 39.5 Å². The lowest BCUT2D eigenvalue weighted by atomic mass is 10.2. The minimum Gasteiger partial charge on any atom is -0.492 e. The van der Waals surface area contributed by atoms with Crippen molar-refractivity contribution in [1.82, 2.24) is 15.1 Å². The Morgan fingerprint density at radius 2 is 1.97 bits per heavy atom. The van der Waals surface area contributed by atoms with Crippen LogP contribution in [-0.2, 0) is 16.1 Å². The summed E-state index contributed by atoms with van der Waals surface area (Å²) in [6.07, 6.45) is 3.36. The molecule has 2 aromatic rings. The number of nitrogens with zero attached hydrogens (tertiary/aromatic N) is 2. The standard InChI is InChI=1S/C21H23N3O4S/c25-20-19(22-21(29)24(20)15-18-2-1-10-27-18)14-16-3-5-17(6-4-16)28-13-9-23-7-11-26-12-8-23/h1-6,10,14H,7-9,11-13,15H2,(H,22,29)/b19-14+. The summed E-state index contributed by atoms with van der Waals surface area (Å²) in [5, 5.41) is 3.36. The van der Waals surface area contributed by atoms with Gasteiger partial charge in [-0.05, 0) is 48.1 Å². The molecule has 8 heteroatoms. The average molecular weight is 413 g/mol. The van der Waals surface area contributed by atoms with Gasteiger partial charge in [-0.3, -0.25) is 14.6 Å². The molecule has 2 saturated heterocycles. The highest BCUT2D eigenvalue weighted by Crippen LogP contribution is 2.19. The molecule has 29 heavy (non-hydrogen) atoms. The minimum atomic E-state index is -0.169. The molecule has 0 atom stereocenters. The summed E-state index contributed by atoms with van der Waals surface area (Å²) in [7, 11) is 0. The van der Waals surface area contributed by atoms with Gasteiger partial charge in [-0.1, -0.05) is 12.1 Å². The summed E-state index contributed by atoms with van der Waals surface area (Å²) in [5.74, 6) is 1.32. The van der Waals surface area contributed by atoms with Crippen LogP contribution in [0.2, 0.25) is 0 Å². The Kier molecular flexibility index (Phi) is 6.24. The van der Waals surface area contributed by atoms with Gasteiger partial charge >= 0.3 is 0 Å². The maximum absolute atomic E-state index is 12.6. The number of morpholine rings is 1. The van der Waals surface area contributed by atoms with Crippen molar-refractivity contribution in [3.05, 3.63) is 59.7 Å². The Hall–Kier alpha value is -2.68. The van der Waals surface area contributed by atoms with Crippen LogP contribution in [0.25, 0.3) is 6.08 Å². The molecule has 2 fully saturated rings. The number of amides is 1. The van der Waals surface area contributed by atoms with E-state index < -0.39 is 0 Å². The minimum absolute atomic E-state index is 0.169. The van der Waals surface area contributed by atoms with Crippen LogP contribution in [-0.4, -0.2) is 60.3 Å². The number of ether oxygens (including phenoxy) is 2. The van der Waals surface area contributed by atoms with E-state index in [-0.39, 0.29) is 5.91 Å². The van der Waals surface area contributed by atoms with E-state index in [1.165, 1.54) is 4.90 Å². The zero-order chi connectivity index (χ0) is 20.1. The second-order valence-electron chi connectivity index (χ2n) is 6.83. The van der Waals surface area contributed by atoms with Gasteiger partial charge < -0.3 is 19.2 Å². The number of carbonyl (C=O) groups is 1. The number of hydrogen-bond donors (Lipinski definition) is 1. The SMILES string of the molecule is O=C1/C(=C\c2ccc(OCCN3CCOCC3)cc2)NC(=S)N1Cc1ccco1. The summed E-state index contributed by atoms with van der Waals surface area (Å²) in [6, 6.07) is 11.3. The molecule has 0 bridgehead atoms. The van der Waals surface area contributed by atoms with E-state index in [0.717, 1.165) is 44.2 Å². The van der Waals surface area contributed by atoms with Crippen molar-refractivity contribution in [1.29, 1.82) is 0 Å². The fourth-order valence-corrected chi connectivity index (χ4v) is 3.48. The lowest BCUT2D eigenvalue weighted by molar-refractivity contribution is -0.122. The molecule has 1 aromatic carbocycles. The smallest absolute Gasteiger partial charge is 0.276 e. The fraction of sp³-hybridized carbons (Fsp3) is 0.333. The Morgan fingerprint density at radius 1 is 1.17 bits per heavy atom. The molecule has 2 aliphatic heterocycles. The van der Waals surface area contributed by atoms with Crippen molar-refractivity contribution in [2.24, 2.45) is 0 Å². The van der Waals surface area contributed by atoms with E-state index >= 15 is 0 Å². The van der Waals surface area contributed by atoms with E-state index in [1.54, 1.807) is 18.4 Å². The number of carbonyl (C=O) groups excluding carboxylic acids is 1. The quantitative estimate of drug-likeness (QED) is 0.552. The predicted octanol–water partition coefficient (Wildman–Crippen LogP) is 2.25. The largest absolute Gasteiger partial charge is 0.492 e. The molecule has 0 saturated carbocycles. The van der Waals surface area contributed by atoms with Crippen molar-refractivity contribution in [3.63, 3.8) is 0 Å². The summed E-state index contributed by atoms with van der Waals surface area (Å²) < 4.78 is 16.5.